The van der Waals surface area contributed by atoms with E-state index < -0.39 is 6.10 Å². The number of rotatable bonds is 5. The molecule has 0 fully saturated rings. The average Bonchev–Trinajstić information content (AvgIpc) is 2.50. The van der Waals surface area contributed by atoms with E-state index in [4.69, 9.17) is 23.2 Å². The molecule has 0 radical (unpaired) electrons. The monoisotopic (exact) mass is 337 g/mol. The van der Waals surface area contributed by atoms with Crippen molar-refractivity contribution < 1.29 is 9.90 Å². The zero-order chi connectivity index (χ0) is 16.1. The van der Waals surface area contributed by atoms with Gasteiger partial charge in [-0.25, -0.2) is 0 Å². The SMILES string of the molecule is CC(CC(O)c1ccccc1)NC(=O)c1cc(Cl)ccc1Cl. The van der Waals surface area contributed by atoms with E-state index in [1.807, 2.05) is 37.3 Å². The molecule has 0 aliphatic heterocycles. The van der Waals surface area contributed by atoms with Crippen LogP contribution in [-0.4, -0.2) is 17.1 Å². The van der Waals surface area contributed by atoms with Crippen LogP contribution in [0.3, 0.4) is 0 Å². The summed E-state index contributed by atoms with van der Waals surface area (Å²) < 4.78 is 0. The summed E-state index contributed by atoms with van der Waals surface area (Å²) in [6.07, 6.45) is -0.222. The maximum absolute atomic E-state index is 12.2. The summed E-state index contributed by atoms with van der Waals surface area (Å²) in [7, 11) is 0. The van der Waals surface area contributed by atoms with Crippen LogP contribution in [0.15, 0.2) is 48.5 Å². The first-order valence-electron chi connectivity index (χ1n) is 6.96. The van der Waals surface area contributed by atoms with E-state index in [-0.39, 0.29) is 11.9 Å². The van der Waals surface area contributed by atoms with Crippen LogP contribution in [0.5, 0.6) is 0 Å². The van der Waals surface area contributed by atoms with Gasteiger partial charge < -0.3 is 10.4 Å². The number of halogens is 2. The molecule has 0 spiro atoms. The smallest absolute Gasteiger partial charge is 0.253 e. The molecule has 3 nitrogen and oxygen atoms in total. The predicted molar refractivity (Wildman–Crippen MR) is 89.4 cm³/mol. The molecule has 2 unspecified atom stereocenters. The van der Waals surface area contributed by atoms with Gasteiger partial charge in [0, 0.05) is 11.1 Å². The topological polar surface area (TPSA) is 49.3 Å². The van der Waals surface area contributed by atoms with Gasteiger partial charge in [0.05, 0.1) is 16.7 Å². The first-order chi connectivity index (χ1) is 10.5. The second-order valence-electron chi connectivity index (χ2n) is 5.16. The molecule has 0 aliphatic carbocycles. The van der Waals surface area contributed by atoms with Crippen molar-refractivity contribution in [1.29, 1.82) is 0 Å². The van der Waals surface area contributed by atoms with Crippen molar-refractivity contribution in [3.63, 3.8) is 0 Å². The Balaban J connectivity index is 1.98. The van der Waals surface area contributed by atoms with Crippen molar-refractivity contribution in [2.24, 2.45) is 0 Å². The Hall–Kier alpha value is -1.55. The Bertz CT molecular complexity index is 646. The van der Waals surface area contributed by atoms with Gasteiger partial charge in [0.2, 0.25) is 0 Å². The fourth-order valence-corrected chi connectivity index (χ4v) is 2.55. The number of hydrogen-bond donors (Lipinski definition) is 2. The lowest BCUT2D eigenvalue weighted by molar-refractivity contribution is 0.0917. The molecule has 1 amide bonds. The zero-order valence-electron chi connectivity index (χ0n) is 12.1. The molecular formula is C17H17Cl2NO2. The van der Waals surface area contributed by atoms with Crippen molar-refractivity contribution >= 4 is 29.1 Å². The van der Waals surface area contributed by atoms with E-state index in [2.05, 4.69) is 5.32 Å². The van der Waals surface area contributed by atoms with E-state index in [9.17, 15) is 9.90 Å². The van der Waals surface area contributed by atoms with E-state index in [0.717, 1.165) is 5.56 Å². The third kappa shape index (κ3) is 4.47. The van der Waals surface area contributed by atoms with Gasteiger partial charge in [-0.15, -0.1) is 0 Å². The van der Waals surface area contributed by atoms with Crippen LogP contribution in [0, 0.1) is 0 Å². The minimum atomic E-state index is -0.633. The molecule has 0 aromatic heterocycles. The summed E-state index contributed by atoms with van der Waals surface area (Å²) in [5, 5.41) is 13.8. The van der Waals surface area contributed by atoms with Crippen LogP contribution in [0.1, 0.15) is 35.4 Å². The minimum absolute atomic E-state index is 0.210. The first kappa shape index (κ1) is 16.8. The maximum atomic E-state index is 12.2. The summed E-state index contributed by atoms with van der Waals surface area (Å²) >= 11 is 11.9. The van der Waals surface area contributed by atoms with Crippen LogP contribution in [0.2, 0.25) is 10.0 Å². The van der Waals surface area contributed by atoms with Crippen molar-refractivity contribution in [3.05, 3.63) is 69.7 Å². The Morgan fingerprint density at radius 2 is 1.86 bits per heavy atom. The van der Waals surface area contributed by atoms with Crippen molar-refractivity contribution in [2.45, 2.75) is 25.5 Å². The van der Waals surface area contributed by atoms with Gasteiger partial charge in [-0.3, -0.25) is 4.79 Å². The minimum Gasteiger partial charge on any atom is -0.388 e. The van der Waals surface area contributed by atoms with E-state index in [1.165, 1.54) is 6.07 Å². The molecule has 2 aromatic carbocycles. The second kappa shape index (κ2) is 7.63. The molecule has 2 N–H and O–H groups in total. The Labute approximate surface area is 139 Å². The fourth-order valence-electron chi connectivity index (χ4n) is 2.18. The van der Waals surface area contributed by atoms with Gasteiger partial charge in [-0.1, -0.05) is 53.5 Å². The van der Waals surface area contributed by atoms with Crippen LogP contribution in [0.4, 0.5) is 0 Å². The van der Waals surface area contributed by atoms with Gasteiger partial charge in [-0.05, 0) is 37.1 Å². The summed E-state index contributed by atoms with van der Waals surface area (Å²) in [5.74, 6) is -0.305. The van der Waals surface area contributed by atoms with Crippen molar-refractivity contribution in [3.8, 4) is 0 Å². The normalized spacial score (nSPS) is 13.5. The lowest BCUT2D eigenvalue weighted by Gasteiger charge is -2.18. The van der Waals surface area contributed by atoms with Crippen LogP contribution >= 0.6 is 23.2 Å². The first-order valence-corrected chi connectivity index (χ1v) is 7.72. The quantitative estimate of drug-likeness (QED) is 0.857. The number of aliphatic hydroxyl groups is 1. The Morgan fingerprint density at radius 3 is 2.55 bits per heavy atom. The predicted octanol–water partition coefficient (Wildman–Crippen LogP) is 4.24. The number of aliphatic hydroxyl groups excluding tert-OH is 1. The van der Waals surface area contributed by atoms with E-state index >= 15 is 0 Å². The fraction of sp³-hybridized carbons (Fsp3) is 0.235. The molecule has 0 aliphatic rings. The molecule has 2 aromatic rings. The highest BCUT2D eigenvalue weighted by Crippen LogP contribution is 2.22. The Kier molecular flexibility index (Phi) is 5.83. The summed E-state index contributed by atoms with van der Waals surface area (Å²) in [5.41, 5.74) is 1.15. The molecule has 22 heavy (non-hydrogen) atoms. The lowest BCUT2D eigenvalue weighted by atomic mass is 10.0. The number of benzene rings is 2. The highest BCUT2D eigenvalue weighted by molar-refractivity contribution is 6.35. The third-order valence-electron chi connectivity index (χ3n) is 3.31. The van der Waals surface area contributed by atoms with Gasteiger partial charge in [0.1, 0.15) is 0 Å². The standard InChI is InChI=1S/C17H17Cl2NO2/c1-11(9-16(21)12-5-3-2-4-6-12)20-17(22)14-10-13(18)7-8-15(14)19/h2-8,10-11,16,21H,9H2,1H3,(H,20,22). The van der Waals surface area contributed by atoms with Crippen molar-refractivity contribution in [2.75, 3.05) is 0 Å². The molecular weight excluding hydrogens is 321 g/mol. The second-order valence-corrected chi connectivity index (χ2v) is 6.00. The number of amides is 1. The number of hydrogen-bond acceptors (Lipinski definition) is 2. The highest BCUT2D eigenvalue weighted by atomic mass is 35.5. The van der Waals surface area contributed by atoms with E-state index in [1.54, 1.807) is 12.1 Å². The van der Waals surface area contributed by atoms with Gasteiger partial charge in [-0.2, -0.15) is 0 Å². The van der Waals surface area contributed by atoms with Crippen LogP contribution in [-0.2, 0) is 0 Å². The number of carbonyl (C=O) groups is 1. The largest absolute Gasteiger partial charge is 0.388 e. The average molecular weight is 338 g/mol. The summed E-state index contributed by atoms with van der Waals surface area (Å²) in [6, 6.07) is 13.9. The van der Waals surface area contributed by atoms with Gasteiger partial charge >= 0.3 is 0 Å². The maximum Gasteiger partial charge on any atom is 0.253 e. The number of carbonyl (C=O) groups excluding carboxylic acids is 1. The van der Waals surface area contributed by atoms with Gasteiger partial charge in [0.15, 0.2) is 0 Å². The molecule has 2 atom stereocenters. The molecule has 116 valence electrons. The van der Waals surface area contributed by atoms with Crippen LogP contribution < -0.4 is 5.32 Å². The zero-order valence-corrected chi connectivity index (χ0v) is 13.6. The summed E-state index contributed by atoms with van der Waals surface area (Å²) in [4.78, 5) is 12.2. The molecule has 5 heteroatoms. The van der Waals surface area contributed by atoms with E-state index in [0.29, 0.717) is 22.0 Å². The van der Waals surface area contributed by atoms with Crippen molar-refractivity contribution in [1.82, 2.24) is 5.32 Å². The molecule has 0 saturated heterocycles. The molecule has 0 saturated carbocycles. The Morgan fingerprint density at radius 1 is 1.18 bits per heavy atom. The molecule has 2 rings (SSSR count). The van der Waals surface area contributed by atoms with Gasteiger partial charge in [0.25, 0.3) is 5.91 Å². The third-order valence-corrected chi connectivity index (χ3v) is 3.88. The molecule has 0 bridgehead atoms. The summed E-state index contributed by atoms with van der Waals surface area (Å²) in [6.45, 7) is 1.84. The number of nitrogens with one attached hydrogen (secondary N) is 1. The lowest BCUT2D eigenvalue weighted by Crippen LogP contribution is -2.34. The van der Waals surface area contributed by atoms with Crippen LogP contribution in [0.25, 0.3) is 0 Å². The highest BCUT2D eigenvalue weighted by Gasteiger charge is 2.17. The molecule has 0 heterocycles.